The molecule has 0 bridgehead atoms. The van der Waals surface area contributed by atoms with Gasteiger partial charge in [0.05, 0.1) is 11.5 Å². The molecular weight excluding hydrogens is 207 g/mol. The van der Waals surface area contributed by atoms with Gasteiger partial charge >= 0.3 is 0 Å². The van der Waals surface area contributed by atoms with Gasteiger partial charge in [-0.3, -0.25) is 0 Å². The molecule has 0 amide bonds. The molecule has 1 rings (SSSR count). The summed E-state index contributed by atoms with van der Waals surface area (Å²) in [5.74, 6) is 0. The fraction of sp³-hybridized carbons (Fsp3) is 0.200. The van der Waals surface area contributed by atoms with Gasteiger partial charge in [-0.2, -0.15) is 0 Å². The molecule has 0 aliphatic heterocycles. The molecule has 1 N–H and O–H groups in total. The van der Waals surface area contributed by atoms with Gasteiger partial charge in [0.15, 0.2) is 0 Å². The van der Waals surface area contributed by atoms with Gasteiger partial charge in [-0.1, -0.05) is 29.8 Å². The second-order valence-corrected chi connectivity index (χ2v) is 3.62. The van der Waals surface area contributed by atoms with Gasteiger partial charge in [0.1, 0.15) is 0 Å². The molecule has 0 spiro atoms. The van der Waals surface area contributed by atoms with Crippen LogP contribution in [0.15, 0.2) is 36.9 Å². The van der Waals surface area contributed by atoms with E-state index in [1.807, 2.05) is 0 Å². The van der Waals surface area contributed by atoms with Crippen molar-refractivity contribution in [3.63, 3.8) is 0 Å². The van der Waals surface area contributed by atoms with Crippen LogP contribution in [0.5, 0.6) is 0 Å². The number of halogens is 2. The molecule has 1 aromatic rings. The van der Waals surface area contributed by atoms with Gasteiger partial charge in [0, 0.05) is 5.02 Å². The lowest BCUT2D eigenvalue weighted by Gasteiger charge is -2.13. The third kappa shape index (κ3) is 2.73. The second kappa shape index (κ2) is 4.66. The van der Waals surface area contributed by atoms with E-state index in [0.717, 1.165) is 5.56 Å². The number of aliphatic hydroxyl groups excluding tert-OH is 1. The maximum atomic E-state index is 9.63. The van der Waals surface area contributed by atoms with E-state index in [4.69, 9.17) is 23.2 Å². The largest absolute Gasteiger partial charge is 0.387 e. The number of aliphatic hydroxyl groups is 1. The van der Waals surface area contributed by atoms with E-state index >= 15 is 0 Å². The second-order valence-electron chi connectivity index (χ2n) is 2.68. The number of hydrogen-bond acceptors (Lipinski definition) is 1. The van der Waals surface area contributed by atoms with Crippen LogP contribution in [-0.4, -0.2) is 10.5 Å². The summed E-state index contributed by atoms with van der Waals surface area (Å²) in [6.07, 6.45) is 0.775. The van der Waals surface area contributed by atoms with E-state index in [0.29, 0.717) is 5.02 Å². The monoisotopic (exact) mass is 216 g/mol. The smallest absolute Gasteiger partial charge is 0.0988 e. The third-order valence-electron chi connectivity index (χ3n) is 1.74. The topological polar surface area (TPSA) is 20.2 Å². The van der Waals surface area contributed by atoms with Crippen LogP contribution in [0.3, 0.4) is 0 Å². The van der Waals surface area contributed by atoms with Crippen molar-refractivity contribution in [2.75, 3.05) is 0 Å². The zero-order valence-corrected chi connectivity index (χ0v) is 8.46. The molecule has 3 heteroatoms. The Kier molecular flexibility index (Phi) is 3.79. The lowest BCUT2D eigenvalue weighted by molar-refractivity contribution is 0.185. The Balaban J connectivity index is 2.82. The van der Waals surface area contributed by atoms with E-state index in [1.54, 1.807) is 24.3 Å². The van der Waals surface area contributed by atoms with Crippen molar-refractivity contribution in [3.8, 4) is 0 Å². The molecule has 0 saturated heterocycles. The van der Waals surface area contributed by atoms with E-state index in [-0.39, 0.29) is 0 Å². The summed E-state index contributed by atoms with van der Waals surface area (Å²) in [6, 6.07) is 6.91. The Bertz CT molecular complexity index is 281. The predicted octanol–water partition coefficient (Wildman–Crippen LogP) is 3.17. The van der Waals surface area contributed by atoms with Crippen molar-refractivity contribution in [1.82, 2.24) is 0 Å². The van der Waals surface area contributed by atoms with Gasteiger partial charge < -0.3 is 5.11 Å². The average Bonchev–Trinajstić information content (AvgIpc) is 2.17. The highest BCUT2D eigenvalue weighted by atomic mass is 35.5. The molecular formula is C10H10Cl2O. The summed E-state index contributed by atoms with van der Waals surface area (Å²) >= 11 is 11.5. The molecule has 70 valence electrons. The first-order valence-corrected chi connectivity index (χ1v) is 4.66. The zero-order chi connectivity index (χ0) is 9.84. The van der Waals surface area contributed by atoms with Crippen LogP contribution in [0.2, 0.25) is 5.02 Å². The van der Waals surface area contributed by atoms with Crippen molar-refractivity contribution in [2.45, 2.75) is 11.5 Å². The molecule has 0 aliphatic rings. The van der Waals surface area contributed by atoms with Crippen LogP contribution >= 0.6 is 23.2 Å². The Morgan fingerprint density at radius 1 is 1.31 bits per heavy atom. The van der Waals surface area contributed by atoms with E-state index in [1.165, 1.54) is 6.08 Å². The average molecular weight is 217 g/mol. The fourth-order valence-corrected chi connectivity index (χ4v) is 1.24. The predicted molar refractivity (Wildman–Crippen MR) is 56.2 cm³/mol. The van der Waals surface area contributed by atoms with E-state index in [2.05, 4.69) is 6.58 Å². The normalized spacial score (nSPS) is 15.0. The first-order chi connectivity index (χ1) is 6.15. The lowest BCUT2D eigenvalue weighted by atomic mass is 10.1. The quantitative estimate of drug-likeness (QED) is 0.609. The fourth-order valence-electron chi connectivity index (χ4n) is 0.973. The van der Waals surface area contributed by atoms with Crippen LogP contribution in [0.1, 0.15) is 11.7 Å². The van der Waals surface area contributed by atoms with Crippen molar-refractivity contribution >= 4 is 23.2 Å². The minimum absolute atomic E-state index is 0.471. The van der Waals surface area contributed by atoms with Gasteiger partial charge in [0.25, 0.3) is 0 Å². The third-order valence-corrected chi connectivity index (χ3v) is 2.41. The van der Waals surface area contributed by atoms with Crippen LogP contribution < -0.4 is 0 Å². The maximum Gasteiger partial charge on any atom is 0.0988 e. The van der Waals surface area contributed by atoms with Gasteiger partial charge in [-0.25, -0.2) is 0 Å². The minimum Gasteiger partial charge on any atom is -0.387 e. The number of rotatable bonds is 3. The number of benzene rings is 1. The zero-order valence-electron chi connectivity index (χ0n) is 6.95. The highest BCUT2D eigenvalue weighted by Gasteiger charge is 2.14. The number of alkyl halides is 1. The van der Waals surface area contributed by atoms with Crippen molar-refractivity contribution < 1.29 is 5.11 Å². The van der Waals surface area contributed by atoms with Crippen LogP contribution in [0.4, 0.5) is 0 Å². The van der Waals surface area contributed by atoms with Crippen molar-refractivity contribution in [2.24, 2.45) is 0 Å². The molecule has 2 atom stereocenters. The van der Waals surface area contributed by atoms with Crippen LogP contribution in [0.25, 0.3) is 0 Å². The molecule has 0 radical (unpaired) electrons. The molecule has 0 heterocycles. The minimum atomic E-state index is -0.726. The standard InChI is InChI=1S/C10H10Cl2O/c1-2-9(12)10(13)7-3-5-8(11)6-4-7/h2-6,9-10,13H,1H2/t9-,10-/m0/s1. The summed E-state index contributed by atoms with van der Waals surface area (Å²) in [5.41, 5.74) is 0.740. The van der Waals surface area contributed by atoms with Crippen LogP contribution in [0, 0.1) is 0 Å². The lowest BCUT2D eigenvalue weighted by Crippen LogP contribution is -2.08. The highest BCUT2D eigenvalue weighted by Crippen LogP contribution is 2.22. The van der Waals surface area contributed by atoms with Gasteiger partial charge in [-0.15, -0.1) is 18.2 Å². The summed E-state index contributed by atoms with van der Waals surface area (Å²) in [7, 11) is 0. The molecule has 13 heavy (non-hydrogen) atoms. The van der Waals surface area contributed by atoms with E-state index in [9.17, 15) is 5.11 Å². The summed E-state index contributed by atoms with van der Waals surface area (Å²) < 4.78 is 0. The molecule has 1 aromatic carbocycles. The molecule has 0 aromatic heterocycles. The van der Waals surface area contributed by atoms with E-state index < -0.39 is 11.5 Å². The highest BCUT2D eigenvalue weighted by molar-refractivity contribution is 6.30. The summed E-state index contributed by atoms with van der Waals surface area (Å²) in [5, 5.41) is 9.80. The molecule has 0 unspecified atom stereocenters. The first-order valence-electron chi connectivity index (χ1n) is 3.85. The SMILES string of the molecule is C=C[C@H](Cl)[C@@H](O)c1ccc(Cl)cc1. The first kappa shape index (κ1) is 10.6. The molecule has 0 fully saturated rings. The van der Waals surface area contributed by atoms with Crippen LogP contribution in [-0.2, 0) is 0 Å². The Labute approximate surface area is 87.6 Å². The Hall–Kier alpha value is -0.500. The Morgan fingerprint density at radius 3 is 2.31 bits per heavy atom. The van der Waals surface area contributed by atoms with Gasteiger partial charge in [0.2, 0.25) is 0 Å². The molecule has 1 nitrogen and oxygen atoms in total. The molecule has 0 aliphatic carbocycles. The number of hydrogen-bond donors (Lipinski definition) is 1. The summed E-state index contributed by atoms with van der Waals surface area (Å²) in [4.78, 5) is 0. The summed E-state index contributed by atoms with van der Waals surface area (Å²) in [6.45, 7) is 3.51. The molecule has 0 saturated carbocycles. The maximum absolute atomic E-state index is 9.63. The van der Waals surface area contributed by atoms with Crippen molar-refractivity contribution in [3.05, 3.63) is 47.5 Å². The van der Waals surface area contributed by atoms with Crippen molar-refractivity contribution in [1.29, 1.82) is 0 Å². The Morgan fingerprint density at radius 2 is 1.85 bits per heavy atom. The van der Waals surface area contributed by atoms with Gasteiger partial charge in [-0.05, 0) is 17.7 Å².